The predicted octanol–water partition coefficient (Wildman–Crippen LogP) is 2.60. The number of ketones is 1. The van der Waals surface area contributed by atoms with Crippen LogP contribution in [0.1, 0.15) is 23.6 Å². The highest BCUT2D eigenvalue weighted by molar-refractivity contribution is 6.46. The molecule has 1 aliphatic heterocycles. The molecule has 2 N–H and O–H groups in total. The van der Waals surface area contributed by atoms with Crippen molar-refractivity contribution in [3.8, 4) is 11.5 Å². The van der Waals surface area contributed by atoms with Gasteiger partial charge in [0.1, 0.15) is 17.3 Å². The number of aliphatic carboxylic acids is 1. The minimum Gasteiger partial charge on any atom is -0.507 e. The minimum absolute atomic E-state index is 0.125. The Morgan fingerprint density at radius 2 is 1.67 bits per heavy atom. The second-order valence-electron chi connectivity index (χ2n) is 6.61. The van der Waals surface area contributed by atoms with Crippen molar-refractivity contribution in [3.63, 3.8) is 0 Å². The first-order chi connectivity index (χ1) is 14.4. The van der Waals surface area contributed by atoms with Crippen LogP contribution in [0.25, 0.3) is 5.76 Å². The summed E-state index contributed by atoms with van der Waals surface area (Å²) in [5, 5.41) is 20.0. The molecule has 1 saturated heterocycles. The number of hydrogen-bond acceptors (Lipinski definition) is 6. The number of aliphatic hydroxyl groups excluding tert-OH is 1. The molecule has 1 heterocycles. The second kappa shape index (κ2) is 8.69. The maximum Gasteiger partial charge on any atom is 0.305 e. The molecule has 30 heavy (non-hydrogen) atoms. The Morgan fingerprint density at radius 1 is 1.00 bits per heavy atom. The number of benzene rings is 2. The van der Waals surface area contributed by atoms with E-state index in [0.29, 0.717) is 22.6 Å². The third-order valence-electron chi connectivity index (χ3n) is 4.90. The van der Waals surface area contributed by atoms with E-state index in [1.165, 1.54) is 14.2 Å². The average molecular weight is 411 g/mol. The monoisotopic (exact) mass is 411 g/mol. The molecule has 8 nitrogen and oxygen atoms in total. The van der Waals surface area contributed by atoms with Gasteiger partial charge in [-0.25, -0.2) is 0 Å². The number of hydrogen-bond donors (Lipinski definition) is 2. The zero-order valence-corrected chi connectivity index (χ0v) is 16.5. The Morgan fingerprint density at radius 3 is 2.27 bits per heavy atom. The molecule has 0 aliphatic carbocycles. The van der Waals surface area contributed by atoms with E-state index in [2.05, 4.69) is 0 Å². The van der Waals surface area contributed by atoms with Gasteiger partial charge in [0, 0.05) is 17.7 Å². The summed E-state index contributed by atoms with van der Waals surface area (Å²) in [6, 6.07) is 12.2. The van der Waals surface area contributed by atoms with Gasteiger partial charge >= 0.3 is 5.97 Å². The molecule has 2 aromatic rings. The topological polar surface area (TPSA) is 113 Å². The Balaban J connectivity index is 2.18. The number of para-hydroxylation sites is 1. The molecule has 1 unspecified atom stereocenters. The highest BCUT2D eigenvalue weighted by atomic mass is 16.5. The fraction of sp³-hybridized carbons (Fsp3) is 0.227. The fourth-order valence-electron chi connectivity index (χ4n) is 3.45. The number of carboxylic acids is 1. The maximum absolute atomic E-state index is 12.9. The van der Waals surface area contributed by atoms with Gasteiger partial charge in [0.25, 0.3) is 11.7 Å². The van der Waals surface area contributed by atoms with Gasteiger partial charge in [-0.3, -0.25) is 14.4 Å². The number of amides is 1. The summed E-state index contributed by atoms with van der Waals surface area (Å²) in [5.41, 5.74) is 0.673. The molecule has 0 aromatic heterocycles. The van der Waals surface area contributed by atoms with Crippen LogP contribution in [0.3, 0.4) is 0 Å². The number of likely N-dealkylation sites (tertiary alicyclic amines) is 1. The van der Waals surface area contributed by atoms with Crippen LogP contribution in [0.2, 0.25) is 0 Å². The predicted molar refractivity (Wildman–Crippen MR) is 107 cm³/mol. The highest BCUT2D eigenvalue weighted by Gasteiger charge is 2.47. The highest BCUT2D eigenvalue weighted by Crippen LogP contribution is 2.42. The van der Waals surface area contributed by atoms with Gasteiger partial charge in [-0.2, -0.15) is 0 Å². The van der Waals surface area contributed by atoms with Crippen LogP contribution in [0.15, 0.2) is 54.1 Å². The van der Waals surface area contributed by atoms with Crippen LogP contribution in [0.5, 0.6) is 11.5 Å². The number of aliphatic hydroxyl groups is 1. The summed E-state index contributed by atoms with van der Waals surface area (Å²) in [6.07, 6.45) is -0.346. The van der Waals surface area contributed by atoms with Crippen molar-refractivity contribution >= 4 is 23.4 Å². The van der Waals surface area contributed by atoms with Gasteiger partial charge in [0.05, 0.1) is 32.3 Å². The zero-order valence-electron chi connectivity index (χ0n) is 16.5. The largest absolute Gasteiger partial charge is 0.507 e. The molecule has 1 atom stereocenters. The zero-order chi connectivity index (χ0) is 21.8. The standard InChI is InChI=1S/C22H21NO7/c1-29-14-9-7-13(8-10-14)20(26)18-19(15-5-3-4-6-16(15)30-2)23(12-11-17(24)25)22(28)21(18)27/h3-10,19,26H,11-12H2,1-2H3,(H,24,25). The molecule has 156 valence electrons. The summed E-state index contributed by atoms with van der Waals surface area (Å²) >= 11 is 0. The van der Waals surface area contributed by atoms with Gasteiger partial charge < -0.3 is 24.6 Å². The summed E-state index contributed by atoms with van der Waals surface area (Å²) in [7, 11) is 2.95. The molecule has 1 fully saturated rings. The van der Waals surface area contributed by atoms with Crippen LogP contribution in [0, 0.1) is 0 Å². The molecule has 0 saturated carbocycles. The normalized spacial score (nSPS) is 17.8. The lowest BCUT2D eigenvalue weighted by atomic mass is 9.94. The molecule has 1 amide bonds. The first kappa shape index (κ1) is 20.9. The Labute approximate surface area is 173 Å². The lowest BCUT2D eigenvalue weighted by Crippen LogP contribution is -2.32. The third kappa shape index (κ3) is 3.84. The van der Waals surface area contributed by atoms with E-state index in [-0.39, 0.29) is 24.3 Å². The number of carboxylic acid groups (broad SMARTS) is 1. The molecule has 0 bridgehead atoms. The number of carbonyl (C=O) groups excluding carboxylic acids is 2. The van der Waals surface area contributed by atoms with E-state index in [0.717, 1.165) is 4.90 Å². The molecule has 1 aliphatic rings. The minimum atomic E-state index is -1.11. The summed E-state index contributed by atoms with van der Waals surface area (Å²) < 4.78 is 10.5. The van der Waals surface area contributed by atoms with Gasteiger partial charge in [-0.1, -0.05) is 18.2 Å². The molecule has 2 aromatic carbocycles. The van der Waals surface area contributed by atoms with Crippen molar-refractivity contribution in [2.75, 3.05) is 20.8 Å². The average Bonchev–Trinajstić information content (AvgIpc) is 3.01. The van der Waals surface area contributed by atoms with Crippen LogP contribution in [0.4, 0.5) is 0 Å². The van der Waals surface area contributed by atoms with Crippen molar-refractivity contribution in [1.29, 1.82) is 0 Å². The number of Topliss-reactive ketones (excluding diaryl/α,β-unsaturated/α-hetero) is 1. The van der Waals surface area contributed by atoms with Crippen molar-refractivity contribution in [3.05, 3.63) is 65.2 Å². The van der Waals surface area contributed by atoms with Crippen molar-refractivity contribution in [2.45, 2.75) is 12.5 Å². The second-order valence-corrected chi connectivity index (χ2v) is 6.61. The first-order valence-corrected chi connectivity index (χ1v) is 9.16. The van der Waals surface area contributed by atoms with Gasteiger partial charge in [-0.05, 0) is 30.3 Å². The van der Waals surface area contributed by atoms with Crippen molar-refractivity contribution < 1.29 is 34.1 Å². The molecule has 0 spiro atoms. The van der Waals surface area contributed by atoms with Gasteiger partial charge in [0.2, 0.25) is 0 Å². The summed E-state index contributed by atoms with van der Waals surface area (Å²) in [5.74, 6) is -2.25. The molecule has 8 heteroatoms. The van der Waals surface area contributed by atoms with E-state index in [4.69, 9.17) is 14.6 Å². The van der Waals surface area contributed by atoms with E-state index >= 15 is 0 Å². The Kier molecular flexibility index (Phi) is 6.06. The molecular weight excluding hydrogens is 390 g/mol. The molecule has 0 radical (unpaired) electrons. The van der Waals surface area contributed by atoms with E-state index in [1.54, 1.807) is 48.5 Å². The third-order valence-corrected chi connectivity index (χ3v) is 4.90. The van der Waals surface area contributed by atoms with Crippen LogP contribution >= 0.6 is 0 Å². The SMILES string of the molecule is COc1ccc(C(O)=C2C(=O)C(=O)N(CCC(=O)O)C2c2ccccc2OC)cc1. The number of nitrogens with zero attached hydrogens (tertiary/aromatic N) is 1. The summed E-state index contributed by atoms with van der Waals surface area (Å²) in [4.78, 5) is 37.8. The lowest BCUT2D eigenvalue weighted by Gasteiger charge is -2.26. The Bertz CT molecular complexity index is 1010. The lowest BCUT2D eigenvalue weighted by molar-refractivity contribution is -0.142. The van der Waals surface area contributed by atoms with Crippen LogP contribution < -0.4 is 9.47 Å². The first-order valence-electron chi connectivity index (χ1n) is 9.16. The summed E-state index contributed by atoms with van der Waals surface area (Å²) in [6.45, 7) is -0.192. The van der Waals surface area contributed by atoms with Crippen molar-refractivity contribution in [1.82, 2.24) is 4.90 Å². The van der Waals surface area contributed by atoms with Gasteiger partial charge in [0.15, 0.2) is 0 Å². The number of carbonyl (C=O) groups is 3. The van der Waals surface area contributed by atoms with E-state index in [1.807, 2.05) is 0 Å². The molecular formula is C22H21NO7. The van der Waals surface area contributed by atoms with Crippen LogP contribution in [-0.4, -0.2) is 53.5 Å². The van der Waals surface area contributed by atoms with Crippen molar-refractivity contribution in [2.24, 2.45) is 0 Å². The smallest absolute Gasteiger partial charge is 0.305 e. The Hall–Kier alpha value is -3.81. The quantitative estimate of drug-likeness (QED) is 0.409. The number of ether oxygens (including phenoxy) is 2. The number of methoxy groups -OCH3 is 2. The van der Waals surface area contributed by atoms with Gasteiger partial charge in [-0.15, -0.1) is 0 Å². The number of rotatable bonds is 7. The molecule has 3 rings (SSSR count). The van der Waals surface area contributed by atoms with Crippen LogP contribution in [-0.2, 0) is 14.4 Å². The van der Waals surface area contributed by atoms with E-state index in [9.17, 15) is 19.5 Å². The maximum atomic E-state index is 12.9. The van der Waals surface area contributed by atoms with E-state index < -0.39 is 23.7 Å². The fourth-order valence-corrected chi connectivity index (χ4v) is 3.45.